The molecule has 1 N–H and O–H groups in total. The van der Waals surface area contributed by atoms with Gasteiger partial charge in [0.1, 0.15) is 0 Å². The summed E-state index contributed by atoms with van der Waals surface area (Å²) in [4.78, 5) is 11.7. The van der Waals surface area contributed by atoms with Gasteiger partial charge in [0.25, 0.3) is 0 Å². The first-order valence-corrected chi connectivity index (χ1v) is 6.62. The Kier molecular flexibility index (Phi) is 6.19. The van der Waals surface area contributed by atoms with Crippen molar-refractivity contribution in [2.24, 2.45) is 5.92 Å². The van der Waals surface area contributed by atoms with E-state index in [-0.39, 0.29) is 18.1 Å². The lowest BCUT2D eigenvalue weighted by Crippen LogP contribution is -2.14. The topological polar surface area (TPSA) is 55.8 Å². The van der Waals surface area contributed by atoms with E-state index >= 15 is 0 Å². The lowest BCUT2D eigenvalue weighted by molar-refractivity contribution is -0.144. The number of methoxy groups -OCH3 is 1. The van der Waals surface area contributed by atoms with Gasteiger partial charge in [-0.3, -0.25) is 4.79 Å². The second-order valence-corrected chi connectivity index (χ2v) is 4.55. The molecule has 4 heteroatoms. The van der Waals surface area contributed by atoms with Gasteiger partial charge in [-0.1, -0.05) is 32.8 Å². The Hall–Kier alpha value is -1.71. The predicted molar refractivity (Wildman–Crippen MR) is 73.4 cm³/mol. The van der Waals surface area contributed by atoms with E-state index in [4.69, 9.17) is 9.47 Å². The summed E-state index contributed by atoms with van der Waals surface area (Å²) in [5.41, 5.74) is 0.768. The van der Waals surface area contributed by atoms with Crippen LogP contribution in [0.2, 0.25) is 0 Å². The van der Waals surface area contributed by atoms with Crippen molar-refractivity contribution in [1.82, 2.24) is 0 Å². The molecule has 0 saturated heterocycles. The number of rotatable bonds is 7. The Labute approximate surface area is 114 Å². The molecule has 19 heavy (non-hydrogen) atoms. The molecule has 0 aromatic heterocycles. The van der Waals surface area contributed by atoms with Crippen LogP contribution in [0, 0.1) is 5.92 Å². The fourth-order valence-electron chi connectivity index (χ4n) is 1.78. The molecule has 0 amide bonds. The lowest BCUT2D eigenvalue weighted by atomic mass is 10.1. The van der Waals surface area contributed by atoms with Gasteiger partial charge < -0.3 is 14.6 Å². The number of carbonyl (C=O) groups is 1. The highest BCUT2D eigenvalue weighted by Crippen LogP contribution is 2.26. The third-order valence-electron chi connectivity index (χ3n) is 3.23. The number of hydrogen-bond acceptors (Lipinski definition) is 4. The summed E-state index contributed by atoms with van der Waals surface area (Å²) in [6, 6.07) is 4.85. The van der Waals surface area contributed by atoms with Gasteiger partial charge >= 0.3 is 5.97 Å². The molecule has 0 aliphatic carbocycles. The van der Waals surface area contributed by atoms with Crippen LogP contribution in [-0.4, -0.2) is 24.8 Å². The van der Waals surface area contributed by atoms with Gasteiger partial charge in [-0.15, -0.1) is 0 Å². The van der Waals surface area contributed by atoms with Crippen LogP contribution in [-0.2, 0) is 16.0 Å². The third kappa shape index (κ3) is 4.81. The summed E-state index contributed by atoms with van der Waals surface area (Å²) >= 11 is 0. The molecule has 0 spiro atoms. The number of phenolic OH excluding ortho intramolecular Hbond substituents is 1. The van der Waals surface area contributed by atoms with Crippen LogP contribution in [0.25, 0.3) is 0 Å². The molecule has 4 nitrogen and oxygen atoms in total. The van der Waals surface area contributed by atoms with Crippen molar-refractivity contribution >= 4 is 5.97 Å². The molecule has 0 saturated carbocycles. The highest BCUT2D eigenvalue weighted by atomic mass is 16.5. The Morgan fingerprint density at radius 2 is 2.00 bits per heavy atom. The highest BCUT2D eigenvalue weighted by molar-refractivity contribution is 5.72. The van der Waals surface area contributed by atoms with Gasteiger partial charge in [0.2, 0.25) is 0 Å². The van der Waals surface area contributed by atoms with Crippen LogP contribution in [0.15, 0.2) is 18.2 Å². The monoisotopic (exact) mass is 266 g/mol. The maximum atomic E-state index is 11.7. The SMILES string of the molecule is CCC(CC)COC(=O)Cc1ccc(O)c(OC)c1. The summed E-state index contributed by atoms with van der Waals surface area (Å²) in [7, 11) is 1.48. The Balaban J connectivity index is 2.52. The summed E-state index contributed by atoms with van der Waals surface area (Å²) in [5, 5.41) is 9.47. The maximum Gasteiger partial charge on any atom is 0.310 e. The van der Waals surface area contributed by atoms with E-state index in [1.54, 1.807) is 12.1 Å². The fourth-order valence-corrected chi connectivity index (χ4v) is 1.78. The Bertz CT molecular complexity index is 411. The maximum absolute atomic E-state index is 11.7. The molecule has 0 aliphatic rings. The van der Waals surface area contributed by atoms with Crippen molar-refractivity contribution in [2.75, 3.05) is 13.7 Å². The summed E-state index contributed by atoms with van der Waals surface area (Å²) in [6.45, 7) is 4.65. The molecule has 0 radical (unpaired) electrons. The molecule has 0 aliphatic heterocycles. The third-order valence-corrected chi connectivity index (χ3v) is 3.23. The van der Waals surface area contributed by atoms with E-state index in [1.807, 2.05) is 0 Å². The first kappa shape index (κ1) is 15.3. The smallest absolute Gasteiger partial charge is 0.310 e. The van der Waals surface area contributed by atoms with Crippen molar-refractivity contribution in [3.05, 3.63) is 23.8 Å². The Morgan fingerprint density at radius 1 is 1.32 bits per heavy atom. The van der Waals surface area contributed by atoms with Gasteiger partial charge in [0, 0.05) is 0 Å². The zero-order valence-electron chi connectivity index (χ0n) is 11.8. The molecule has 1 aromatic carbocycles. The number of hydrogen-bond donors (Lipinski definition) is 1. The second-order valence-electron chi connectivity index (χ2n) is 4.55. The normalized spacial score (nSPS) is 10.5. The van der Waals surface area contributed by atoms with E-state index in [1.165, 1.54) is 13.2 Å². The molecule has 1 aromatic rings. The van der Waals surface area contributed by atoms with Crippen LogP contribution >= 0.6 is 0 Å². The average Bonchev–Trinajstić information content (AvgIpc) is 2.42. The van der Waals surface area contributed by atoms with Crippen molar-refractivity contribution in [2.45, 2.75) is 33.1 Å². The molecule has 0 unspecified atom stereocenters. The molecule has 0 atom stereocenters. The van der Waals surface area contributed by atoms with E-state index in [2.05, 4.69) is 13.8 Å². The van der Waals surface area contributed by atoms with Gasteiger partial charge in [-0.05, 0) is 23.6 Å². The van der Waals surface area contributed by atoms with Crippen LogP contribution in [0.5, 0.6) is 11.5 Å². The standard InChI is InChI=1S/C15H22O4/c1-4-11(5-2)10-19-15(17)9-12-6-7-13(16)14(8-12)18-3/h6-8,11,16H,4-5,9-10H2,1-3H3. The summed E-state index contributed by atoms with van der Waals surface area (Å²) in [5.74, 6) is 0.611. The van der Waals surface area contributed by atoms with E-state index < -0.39 is 0 Å². The van der Waals surface area contributed by atoms with Crippen LogP contribution in [0.1, 0.15) is 32.3 Å². The minimum absolute atomic E-state index is 0.0663. The van der Waals surface area contributed by atoms with Crippen LogP contribution in [0.3, 0.4) is 0 Å². The molecule has 0 fully saturated rings. The number of esters is 1. The van der Waals surface area contributed by atoms with E-state index in [0.29, 0.717) is 18.3 Å². The van der Waals surface area contributed by atoms with Crippen molar-refractivity contribution in [3.8, 4) is 11.5 Å². The van der Waals surface area contributed by atoms with E-state index in [0.717, 1.165) is 18.4 Å². The zero-order chi connectivity index (χ0) is 14.3. The zero-order valence-corrected chi connectivity index (χ0v) is 11.8. The highest BCUT2D eigenvalue weighted by Gasteiger charge is 2.11. The van der Waals surface area contributed by atoms with Crippen molar-refractivity contribution in [3.63, 3.8) is 0 Å². The largest absolute Gasteiger partial charge is 0.504 e. The summed E-state index contributed by atoms with van der Waals surface area (Å²) in [6.07, 6.45) is 2.21. The number of benzene rings is 1. The minimum Gasteiger partial charge on any atom is -0.504 e. The van der Waals surface area contributed by atoms with Crippen LogP contribution in [0.4, 0.5) is 0 Å². The minimum atomic E-state index is -0.250. The second kappa shape index (κ2) is 7.67. The Morgan fingerprint density at radius 3 is 2.58 bits per heavy atom. The quantitative estimate of drug-likeness (QED) is 0.771. The van der Waals surface area contributed by atoms with E-state index in [9.17, 15) is 9.90 Å². The van der Waals surface area contributed by atoms with Crippen molar-refractivity contribution < 1.29 is 19.4 Å². The molecule has 106 valence electrons. The van der Waals surface area contributed by atoms with Gasteiger partial charge in [-0.25, -0.2) is 0 Å². The van der Waals surface area contributed by atoms with Gasteiger partial charge in [0.15, 0.2) is 11.5 Å². The molecule has 0 heterocycles. The molecule has 1 rings (SSSR count). The first-order chi connectivity index (χ1) is 9.10. The summed E-state index contributed by atoms with van der Waals surface area (Å²) < 4.78 is 10.2. The molecular formula is C15H22O4. The predicted octanol–water partition coefficient (Wildman–Crippen LogP) is 2.92. The number of ether oxygens (including phenoxy) is 2. The first-order valence-electron chi connectivity index (χ1n) is 6.62. The number of aromatic hydroxyl groups is 1. The fraction of sp³-hybridized carbons (Fsp3) is 0.533. The average molecular weight is 266 g/mol. The lowest BCUT2D eigenvalue weighted by Gasteiger charge is -2.12. The van der Waals surface area contributed by atoms with Crippen molar-refractivity contribution in [1.29, 1.82) is 0 Å². The number of phenols is 1. The number of carbonyl (C=O) groups excluding carboxylic acids is 1. The van der Waals surface area contributed by atoms with Gasteiger partial charge in [0.05, 0.1) is 20.1 Å². The molecule has 0 bridgehead atoms. The molecular weight excluding hydrogens is 244 g/mol. The van der Waals surface area contributed by atoms with Crippen LogP contribution < -0.4 is 4.74 Å². The van der Waals surface area contributed by atoms with Gasteiger partial charge in [-0.2, -0.15) is 0 Å².